The first kappa shape index (κ1) is 9.30. The topological polar surface area (TPSA) is 38.5 Å². The quantitative estimate of drug-likeness (QED) is 0.590. The maximum absolute atomic E-state index is 11.8. The van der Waals surface area contributed by atoms with Gasteiger partial charge in [-0.15, -0.1) is 11.3 Å². The van der Waals surface area contributed by atoms with Crippen molar-refractivity contribution in [3.8, 4) is 0 Å². The number of aromatic nitrogens is 1. The van der Waals surface area contributed by atoms with Gasteiger partial charge in [0.25, 0.3) is 10.3 Å². The van der Waals surface area contributed by atoms with Gasteiger partial charge in [-0.3, -0.25) is 14.0 Å². The van der Waals surface area contributed by atoms with Crippen LogP contribution in [0.25, 0.3) is 16.4 Å². The molecule has 0 fully saturated rings. The van der Waals surface area contributed by atoms with Crippen molar-refractivity contribution < 1.29 is 0 Å². The van der Waals surface area contributed by atoms with Crippen LogP contribution in [0.4, 0.5) is 0 Å². The van der Waals surface area contributed by atoms with E-state index < -0.39 is 0 Å². The van der Waals surface area contributed by atoms with E-state index in [1.807, 2.05) is 24.3 Å². The molecule has 16 heavy (non-hydrogen) atoms. The van der Waals surface area contributed by atoms with E-state index in [0.29, 0.717) is 5.52 Å². The lowest BCUT2D eigenvalue weighted by Crippen LogP contribution is -2.09. The van der Waals surface area contributed by atoms with Crippen LogP contribution in [0.2, 0.25) is 0 Å². The Balaban J connectivity index is 2.80. The summed E-state index contributed by atoms with van der Waals surface area (Å²) in [6.45, 7) is 0. The van der Waals surface area contributed by atoms with Crippen LogP contribution in [-0.2, 0) is 0 Å². The third-order valence-corrected chi connectivity index (χ3v) is 3.22. The minimum Gasteiger partial charge on any atom is -0.275 e. The maximum Gasteiger partial charge on any atom is 0.256 e. The molecule has 3 rings (SSSR count). The number of benzene rings is 1. The van der Waals surface area contributed by atoms with E-state index in [9.17, 15) is 9.59 Å². The molecule has 0 unspecified atom stereocenters. The van der Waals surface area contributed by atoms with Crippen LogP contribution in [0.3, 0.4) is 0 Å². The largest absolute Gasteiger partial charge is 0.275 e. The first-order valence-electron chi connectivity index (χ1n) is 4.80. The van der Waals surface area contributed by atoms with Crippen molar-refractivity contribution >= 4 is 27.8 Å². The van der Waals surface area contributed by atoms with Crippen molar-refractivity contribution in [2.75, 3.05) is 0 Å². The fourth-order valence-electron chi connectivity index (χ4n) is 1.83. The summed E-state index contributed by atoms with van der Waals surface area (Å²) >= 11 is 1.04. The highest BCUT2D eigenvalue weighted by atomic mass is 32.1. The predicted molar refractivity (Wildman–Crippen MR) is 65.3 cm³/mol. The van der Waals surface area contributed by atoms with Gasteiger partial charge in [0.1, 0.15) is 5.52 Å². The van der Waals surface area contributed by atoms with Gasteiger partial charge in [0.2, 0.25) is 0 Å². The Labute approximate surface area is 94.2 Å². The predicted octanol–water partition coefficient (Wildman–Crippen LogP) is 1.87. The molecule has 1 aromatic carbocycles. The van der Waals surface area contributed by atoms with Gasteiger partial charge in [0.15, 0.2) is 0 Å². The van der Waals surface area contributed by atoms with Crippen molar-refractivity contribution in [1.29, 1.82) is 0 Å². The molecule has 0 atom stereocenters. The molecule has 0 aliphatic rings. The zero-order chi connectivity index (χ0) is 11.1. The van der Waals surface area contributed by atoms with Crippen LogP contribution in [0.1, 0.15) is 0 Å². The molecule has 2 heterocycles. The summed E-state index contributed by atoms with van der Waals surface area (Å²) < 4.78 is 1.37. The summed E-state index contributed by atoms with van der Waals surface area (Å²) in [4.78, 5) is 23.6. The average molecular weight is 229 g/mol. The van der Waals surface area contributed by atoms with E-state index in [1.54, 1.807) is 6.07 Å². The minimum absolute atomic E-state index is 0.0988. The first-order chi connectivity index (χ1) is 7.77. The third-order valence-electron chi connectivity index (χ3n) is 2.53. The Bertz CT molecular complexity index is 801. The van der Waals surface area contributed by atoms with Crippen LogP contribution in [-0.4, -0.2) is 4.40 Å². The van der Waals surface area contributed by atoms with Crippen molar-refractivity contribution in [2.24, 2.45) is 0 Å². The molecule has 0 aliphatic carbocycles. The molecule has 0 saturated carbocycles. The summed E-state index contributed by atoms with van der Waals surface area (Å²) in [6, 6.07) is 10.7. The van der Waals surface area contributed by atoms with E-state index in [0.717, 1.165) is 22.2 Å². The lowest BCUT2D eigenvalue weighted by Gasteiger charge is -1.89. The highest BCUT2D eigenvalue weighted by Gasteiger charge is 2.05. The van der Waals surface area contributed by atoms with Crippen LogP contribution < -0.4 is 10.3 Å². The molecule has 0 N–H and O–H groups in total. The second kappa shape index (κ2) is 3.28. The number of rotatable bonds is 0. The molecular formula is C12H7NO2S. The number of nitrogens with zero attached hydrogens (tertiary/aromatic N) is 1. The lowest BCUT2D eigenvalue weighted by atomic mass is 10.2. The molecule has 0 spiro atoms. The van der Waals surface area contributed by atoms with Crippen LogP contribution in [0, 0.1) is 0 Å². The molecule has 3 aromatic rings. The summed E-state index contributed by atoms with van der Waals surface area (Å²) in [5, 5.41) is 2.45. The van der Waals surface area contributed by atoms with Crippen molar-refractivity contribution in [1.82, 2.24) is 4.40 Å². The second-order valence-electron chi connectivity index (χ2n) is 3.47. The molecule has 0 bridgehead atoms. The lowest BCUT2D eigenvalue weighted by molar-refractivity contribution is 1.18. The van der Waals surface area contributed by atoms with Crippen molar-refractivity contribution in [3.63, 3.8) is 0 Å². The molecule has 78 valence electrons. The summed E-state index contributed by atoms with van der Waals surface area (Å²) in [7, 11) is 0. The fourth-order valence-corrected chi connectivity index (χ4v) is 2.41. The Hall–Kier alpha value is -1.94. The number of hydrogen-bond acceptors (Lipinski definition) is 3. The van der Waals surface area contributed by atoms with E-state index in [1.165, 1.54) is 15.8 Å². The summed E-state index contributed by atoms with van der Waals surface area (Å²) in [5.74, 6) is 0. The smallest absolute Gasteiger partial charge is 0.256 e. The van der Waals surface area contributed by atoms with Gasteiger partial charge >= 0.3 is 0 Å². The van der Waals surface area contributed by atoms with Crippen LogP contribution in [0.5, 0.6) is 0 Å². The van der Waals surface area contributed by atoms with Gasteiger partial charge in [0.05, 0.1) is 5.52 Å². The number of para-hydroxylation sites is 1. The molecular weight excluding hydrogens is 222 g/mol. The monoisotopic (exact) mass is 229 g/mol. The van der Waals surface area contributed by atoms with Gasteiger partial charge < -0.3 is 0 Å². The number of hydrogen-bond donors (Lipinski definition) is 0. The molecule has 0 amide bonds. The Morgan fingerprint density at radius 3 is 2.69 bits per heavy atom. The normalized spacial score (nSPS) is 11.0. The molecule has 0 aliphatic heterocycles. The third kappa shape index (κ3) is 1.20. The minimum atomic E-state index is -0.172. The highest BCUT2D eigenvalue weighted by Crippen LogP contribution is 2.15. The first-order valence-corrected chi connectivity index (χ1v) is 5.68. The van der Waals surface area contributed by atoms with E-state index in [2.05, 4.69) is 0 Å². The second-order valence-corrected chi connectivity index (χ2v) is 4.35. The molecule has 0 radical (unpaired) electrons. The molecule has 0 saturated heterocycles. The Morgan fingerprint density at radius 1 is 1.00 bits per heavy atom. The fraction of sp³-hybridized carbons (Fsp3) is 0. The SMILES string of the molecule is O=c1sccc(=O)n2c1cc1ccccc12. The Kier molecular flexibility index (Phi) is 1.91. The molecule has 4 heteroatoms. The zero-order valence-electron chi connectivity index (χ0n) is 8.21. The Morgan fingerprint density at radius 2 is 1.81 bits per heavy atom. The van der Waals surface area contributed by atoms with Gasteiger partial charge in [-0.25, -0.2) is 0 Å². The van der Waals surface area contributed by atoms with E-state index in [-0.39, 0.29) is 10.3 Å². The van der Waals surface area contributed by atoms with Crippen LogP contribution in [0.15, 0.2) is 51.4 Å². The molecule has 2 aromatic heterocycles. The van der Waals surface area contributed by atoms with Gasteiger partial charge in [-0.1, -0.05) is 18.2 Å². The highest BCUT2D eigenvalue weighted by molar-refractivity contribution is 7.07. The maximum atomic E-state index is 11.8. The van der Waals surface area contributed by atoms with E-state index in [4.69, 9.17) is 0 Å². The van der Waals surface area contributed by atoms with Gasteiger partial charge in [-0.2, -0.15) is 0 Å². The summed E-state index contributed by atoms with van der Waals surface area (Å²) in [5.41, 5.74) is 1.05. The van der Waals surface area contributed by atoms with Gasteiger partial charge in [-0.05, 0) is 12.1 Å². The average Bonchev–Trinajstić information content (AvgIpc) is 2.61. The van der Waals surface area contributed by atoms with Crippen LogP contribution >= 0.6 is 11.3 Å². The van der Waals surface area contributed by atoms with E-state index >= 15 is 0 Å². The van der Waals surface area contributed by atoms with Crippen molar-refractivity contribution in [2.45, 2.75) is 0 Å². The van der Waals surface area contributed by atoms with Gasteiger partial charge in [0, 0.05) is 16.8 Å². The zero-order valence-corrected chi connectivity index (χ0v) is 9.03. The van der Waals surface area contributed by atoms with Crippen molar-refractivity contribution in [3.05, 3.63) is 61.7 Å². The number of fused-ring (bicyclic) bond motifs is 3. The summed E-state index contributed by atoms with van der Waals surface area (Å²) in [6.07, 6.45) is 0. The standard InChI is InChI=1S/C12H7NO2S/c14-11-5-6-16-12(15)10-7-8-3-1-2-4-9(8)13(10)11/h1-7H. The molecule has 3 nitrogen and oxygen atoms in total.